The van der Waals surface area contributed by atoms with E-state index in [9.17, 15) is 0 Å². The second-order valence-electron chi connectivity index (χ2n) is 9.88. The fraction of sp³-hybridized carbons (Fsp3) is 0.0909. The monoisotopic (exact) mass is 467 g/mol. The maximum absolute atomic E-state index is 3.77. The summed E-state index contributed by atoms with van der Waals surface area (Å²) in [6.07, 6.45) is 0. The first-order valence-corrected chi connectivity index (χ1v) is 12.9. The van der Waals surface area contributed by atoms with Crippen molar-refractivity contribution in [2.45, 2.75) is 19.3 Å². The van der Waals surface area contributed by atoms with E-state index >= 15 is 0 Å². The normalized spacial score (nSPS) is 13.7. The van der Waals surface area contributed by atoms with Crippen LogP contribution in [-0.4, -0.2) is 0 Å². The van der Waals surface area contributed by atoms with Gasteiger partial charge in [-0.1, -0.05) is 92.7 Å². The van der Waals surface area contributed by atoms with Crippen molar-refractivity contribution in [3.8, 4) is 22.3 Å². The van der Waals surface area contributed by atoms with Crippen molar-refractivity contribution in [2.24, 2.45) is 0 Å². The summed E-state index contributed by atoms with van der Waals surface area (Å²) < 4.78 is 2.66. The molecule has 2 heteroatoms. The van der Waals surface area contributed by atoms with Crippen molar-refractivity contribution in [3.63, 3.8) is 0 Å². The van der Waals surface area contributed by atoms with Crippen LogP contribution in [0.2, 0.25) is 0 Å². The Kier molecular flexibility index (Phi) is 4.43. The summed E-state index contributed by atoms with van der Waals surface area (Å²) in [5.41, 5.74) is 10.2. The van der Waals surface area contributed by atoms with Gasteiger partial charge in [0.15, 0.2) is 0 Å². The van der Waals surface area contributed by atoms with Crippen LogP contribution < -0.4 is 5.32 Å². The molecule has 7 rings (SSSR count). The molecule has 1 aliphatic rings. The molecule has 0 atom stereocenters. The van der Waals surface area contributed by atoms with Crippen LogP contribution in [0.25, 0.3) is 42.4 Å². The fourth-order valence-corrected chi connectivity index (χ4v) is 6.90. The number of hydrogen-bond acceptors (Lipinski definition) is 2. The predicted molar refractivity (Wildman–Crippen MR) is 152 cm³/mol. The molecule has 35 heavy (non-hydrogen) atoms. The van der Waals surface area contributed by atoms with E-state index in [0.717, 1.165) is 11.4 Å². The summed E-state index contributed by atoms with van der Waals surface area (Å²) in [5, 5.41) is 6.44. The van der Waals surface area contributed by atoms with Gasteiger partial charge in [0.1, 0.15) is 0 Å². The quantitative estimate of drug-likeness (QED) is 0.273. The SMILES string of the molecule is CC1(C)c2ccccc2-c2ccc(Nc3ccccc3-c3cccc4sc5ccccc5c34)cc21. The Morgan fingerprint density at radius 2 is 1.26 bits per heavy atom. The largest absolute Gasteiger partial charge is 0.355 e. The first-order valence-electron chi connectivity index (χ1n) is 12.1. The molecule has 1 N–H and O–H groups in total. The van der Waals surface area contributed by atoms with E-state index in [-0.39, 0.29) is 5.41 Å². The lowest BCUT2D eigenvalue weighted by molar-refractivity contribution is 0.660. The molecule has 0 spiro atoms. The van der Waals surface area contributed by atoms with Gasteiger partial charge in [0.25, 0.3) is 0 Å². The van der Waals surface area contributed by atoms with Gasteiger partial charge in [-0.05, 0) is 58.1 Å². The summed E-state index contributed by atoms with van der Waals surface area (Å²) in [6, 6.07) is 39.7. The smallest absolute Gasteiger partial charge is 0.0464 e. The van der Waals surface area contributed by atoms with Crippen molar-refractivity contribution in [1.29, 1.82) is 0 Å². The summed E-state index contributed by atoms with van der Waals surface area (Å²) in [7, 11) is 0. The first kappa shape index (κ1) is 20.5. The Hall–Kier alpha value is -3.88. The number of thiophene rings is 1. The topological polar surface area (TPSA) is 12.0 Å². The van der Waals surface area contributed by atoms with Crippen LogP contribution in [0.1, 0.15) is 25.0 Å². The van der Waals surface area contributed by atoms with Crippen LogP contribution in [0, 0.1) is 0 Å². The van der Waals surface area contributed by atoms with Gasteiger partial charge in [-0.15, -0.1) is 11.3 Å². The second kappa shape index (κ2) is 7.56. The molecule has 0 saturated carbocycles. The van der Waals surface area contributed by atoms with Gasteiger partial charge in [0, 0.05) is 42.5 Å². The van der Waals surface area contributed by atoms with Crippen molar-refractivity contribution in [2.75, 3.05) is 5.32 Å². The molecule has 1 aromatic heterocycles. The molecule has 168 valence electrons. The molecule has 0 fully saturated rings. The van der Waals surface area contributed by atoms with Gasteiger partial charge in [0.2, 0.25) is 0 Å². The highest BCUT2D eigenvalue weighted by atomic mass is 32.1. The minimum absolute atomic E-state index is 0.00960. The number of anilines is 2. The summed E-state index contributed by atoms with van der Waals surface area (Å²) >= 11 is 1.87. The molecule has 0 aliphatic heterocycles. The first-order chi connectivity index (χ1) is 17.1. The lowest BCUT2D eigenvalue weighted by atomic mass is 9.82. The maximum atomic E-state index is 3.77. The van der Waals surface area contributed by atoms with E-state index in [4.69, 9.17) is 0 Å². The minimum atomic E-state index is -0.00960. The van der Waals surface area contributed by atoms with Gasteiger partial charge >= 0.3 is 0 Å². The van der Waals surface area contributed by atoms with Crippen molar-refractivity contribution in [3.05, 3.63) is 120 Å². The highest BCUT2D eigenvalue weighted by molar-refractivity contribution is 7.25. The zero-order valence-electron chi connectivity index (χ0n) is 19.8. The van der Waals surface area contributed by atoms with E-state index in [2.05, 4.69) is 128 Å². The van der Waals surface area contributed by atoms with Crippen molar-refractivity contribution in [1.82, 2.24) is 0 Å². The summed E-state index contributed by atoms with van der Waals surface area (Å²) in [6.45, 7) is 4.66. The molecule has 5 aromatic carbocycles. The van der Waals surface area contributed by atoms with Gasteiger partial charge < -0.3 is 5.32 Å². The van der Waals surface area contributed by atoms with Crippen LogP contribution in [0.5, 0.6) is 0 Å². The zero-order chi connectivity index (χ0) is 23.6. The lowest BCUT2D eigenvalue weighted by Crippen LogP contribution is -2.15. The van der Waals surface area contributed by atoms with Gasteiger partial charge in [-0.3, -0.25) is 0 Å². The third-order valence-corrected chi connectivity index (χ3v) is 8.62. The molecule has 0 amide bonds. The predicted octanol–water partition coefficient (Wildman–Crippen LogP) is 9.77. The zero-order valence-corrected chi connectivity index (χ0v) is 20.6. The lowest BCUT2D eigenvalue weighted by Gasteiger charge is -2.22. The van der Waals surface area contributed by atoms with Crippen LogP contribution >= 0.6 is 11.3 Å². The number of rotatable bonds is 3. The highest BCUT2D eigenvalue weighted by Crippen LogP contribution is 2.49. The third kappa shape index (κ3) is 3.07. The molecular formula is C33H25NS. The van der Waals surface area contributed by atoms with Crippen molar-refractivity contribution >= 4 is 42.9 Å². The molecule has 6 aromatic rings. The number of hydrogen-bond donors (Lipinski definition) is 1. The molecule has 0 unspecified atom stereocenters. The molecule has 0 radical (unpaired) electrons. The van der Waals surface area contributed by atoms with Gasteiger partial charge in [0.05, 0.1) is 0 Å². The van der Waals surface area contributed by atoms with Crippen LogP contribution in [0.3, 0.4) is 0 Å². The van der Waals surface area contributed by atoms with Crippen LogP contribution in [0.15, 0.2) is 109 Å². The number of nitrogens with one attached hydrogen (secondary N) is 1. The van der Waals surface area contributed by atoms with Crippen LogP contribution in [0.4, 0.5) is 11.4 Å². The summed E-state index contributed by atoms with van der Waals surface area (Å²) in [4.78, 5) is 0. The van der Waals surface area contributed by atoms with Gasteiger partial charge in [-0.2, -0.15) is 0 Å². The Balaban J connectivity index is 1.35. The van der Waals surface area contributed by atoms with Gasteiger partial charge in [-0.25, -0.2) is 0 Å². The van der Waals surface area contributed by atoms with E-state index in [1.54, 1.807) is 0 Å². The van der Waals surface area contributed by atoms with Crippen molar-refractivity contribution < 1.29 is 0 Å². The number of para-hydroxylation sites is 1. The molecule has 1 heterocycles. The Bertz CT molecular complexity index is 1750. The second-order valence-corrected chi connectivity index (χ2v) is 11.0. The number of benzene rings is 5. The van der Waals surface area contributed by atoms with E-state index in [1.807, 2.05) is 11.3 Å². The third-order valence-electron chi connectivity index (χ3n) is 7.48. The molecule has 1 aliphatic carbocycles. The minimum Gasteiger partial charge on any atom is -0.355 e. The van der Waals surface area contributed by atoms with Crippen LogP contribution in [-0.2, 0) is 5.41 Å². The standard InChI is InChI=1S/C33H25NS/c1-33(2)27-14-6-3-10-22(27)23-19-18-21(20-28(23)33)34-29-15-7-4-11-24(29)25-13-9-17-31-32(25)26-12-5-8-16-30(26)35-31/h3-20,34H,1-2H3. The number of fused-ring (bicyclic) bond motifs is 6. The average Bonchev–Trinajstić information content (AvgIpc) is 3.38. The van der Waals surface area contributed by atoms with E-state index < -0.39 is 0 Å². The fourth-order valence-electron chi connectivity index (χ4n) is 5.76. The highest BCUT2D eigenvalue weighted by Gasteiger charge is 2.35. The Morgan fingerprint density at radius 3 is 2.17 bits per heavy atom. The van der Waals surface area contributed by atoms with E-state index in [1.165, 1.54) is 53.6 Å². The maximum Gasteiger partial charge on any atom is 0.0464 e. The molecule has 1 nitrogen and oxygen atoms in total. The molecule has 0 saturated heterocycles. The Labute approximate surface area is 209 Å². The van der Waals surface area contributed by atoms with E-state index in [0.29, 0.717) is 0 Å². The molecular weight excluding hydrogens is 442 g/mol. The average molecular weight is 468 g/mol. The molecule has 0 bridgehead atoms. The Morgan fingerprint density at radius 1 is 0.571 bits per heavy atom. The summed E-state index contributed by atoms with van der Waals surface area (Å²) in [5.74, 6) is 0.